The summed E-state index contributed by atoms with van der Waals surface area (Å²) in [5, 5.41) is 0. The Balaban J connectivity index is 1.41. The summed E-state index contributed by atoms with van der Waals surface area (Å²) < 4.78 is 14.3. The molecule has 2 aromatic heterocycles. The monoisotopic (exact) mass is 604 g/mol. The molecule has 4 heterocycles. The van der Waals surface area contributed by atoms with Crippen molar-refractivity contribution in [2.45, 2.75) is 13.8 Å². The van der Waals surface area contributed by atoms with E-state index in [0.29, 0.717) is 0 Å². The molecule has 5 aromatic carbocycles. The summed E-state index contributed by atoms with van der Waals surface area (Å²) in [6.45, 7) is 3.93. The van der Waals surface area contributed by atoms with E-state index in [2.05, 4.69) is 125 Å². The van der Waals surface area contributed by atoms with Gasteiger partial charge in [0.2, 0.25) is 0 Å². The van der Waals surface area contributed by atoms with Gasteiger partial charge in [0.15, 0.2) is 0 Å². The predicted octanol–water partition coefficient (Wildman–Crippen LogP) is 8.49. The largest absolute Gasteiger partial charge is 0.457 e. The molecule has 0 N–H and O–H groups in total. The first-order valence-corrected chi connectivity index (χ1v) is 15.9. The minimum atomic E-state index is -0.121. The Morgan fingerprint density at radius 2 is 0.894 bits per heavy atom. The van der Waals surface area contributed by atoms with E-state index in [1.165, 1.54) is 0 Å². The molecule has 47 heavy (non-hydrogen) atoms. The van der Waals surface area contributed by atoms with E-state index in [0.717, 1.165) is 95.3 Å². The van der Waals surface area contributed by atoms with Crippen LogP contribution in [-0.4, -0.2) is 16.7 Å². The number of benzene rings is 5. The van der Waals surface area contributed by atoms with Crippen molar-refractivity contribution in [2.24, 2.45) is 0 Å². The van der Waals surface area contributed by atoms with Gasteiger partial charge in [0.25, 0.3) is 6.71 Å². The van der Waals surface area contributed by atoms with E-state index >= 15 is 0 Å². The molecular formula is C42H29BN2O2. The predicted molar refractivity (Wildman–Crippen MR) is 191 cm³/mol. The van der Waals surface area contributed by atoms with Crippen LogP contribution in [0.25, 0.3) is 44.5 Å². The van der Waals surface area contributed by atoms with Crippen LogP contribution in [0.1, 0.15) is 11.4 Å². The van der Waals surface area contributed by atoms with E-state index in [-0.39, 0.29) is 6.71 Å². The van der Waals surface area contributed by atoms with Crippen molar-refractivity contribution >= 4 is 23.1 Å². The van der Waals surface area contributed by atoms with Crippen LogP contribution in [0.15, 0.2) is 140 Å². The summed E-state index contributed by atoms with van der Waals surface area (Å²) in [6.07, 6.45) is 3.74. The maximum atomic E-state index is 7.17. The first-order valence-electron chi connectivity index (χ1n) is 15.9. The zero-order valence-electron chi connectivity index (χ0n) is 26.1. The van der Waals surface area contributed by atoms with Gasteiger partial charge < -0.3 is 9.47 Å². The second-order valence-electron chi connectivity index (χ2n) is 12.2. The molecule has 9 rings (SSSR count). The van der Waals surface area contributed by atoms with Gasteiger partial charge in [-0.05, 0) is 77.4 Å². The first kappa shape index (κ1) is 27.4. The molecule has 0 aliphatic carbocycles. The third-order valence-corrected chi connectivity index (χ3v) is 9.26. The highest BCUT2D eigenvalue weighted by Gasteiger charge is 2.44. The average molecular weight is 605 g/mol. The molecule has 0 atom stereocenters. The van der Waals surface area contributed by atoms with E-state index in [4.69, 9.17) is 9.47 Å². The normalized spacial score (nSPS) is 12.3. The van der Waals surface area contributed by atoms with Crippen molar-refractivity contribution in [3.05, 3.63) is 151 Å². The molecule has 0 amide bonds. The van der Waals surface area contributed by atoms with Crippen LogP contribution >= 0.6 is 0 Å². The number of fused-ring (bicyclic) bond motifs is 4. The lowest BCUT2D eigenvalue weighted by atomic mass is 9.34. The van der Waals surface area contributed by atoms with E-state index < -0.39 is 0 Å². The fraction of sp³-hybridized carbons (Fsp3) is 0.0476. The molecule has 0 saturated carbocycles. The maximum Gasteiger partial charge on any atom is 0.260 e. The minimum Gasteiger partial charge on any atom is -0.457 e. The molecule has 0 saturated heterocycles. The van der Waals surface area contributed by atoms with Gasteiger partial charge >= 0.3 is 0 Å². The van der Waals surface area contributed by atoms with E-state index in [9.17, 15) is 0 Å². The molecule has 0 radical (unpaired) electrons. The highest BCUT2D eigenvalue weighted by molar-refractivity contribution is 6.98. The molecule has 0 unspecified atom stereocenters. The summed E-state index contributed by atoms with van der Waals surface area (Å²) in [4.78, 5) is 9.03. The Labute approximate surface area is 274 Å². The summed E-state index contributed by atoms with van der Waals surface area (Å²) >= 11 is 0. The van der Waals surface area contributed by atoms with E-state index in [1.807, 2.05) is 38.4 Å². The number of aryl methyl sites for hydroxylation is 2. The lowest BCUT2D eigenvalue weighted by Crippen LogP contribution is -2.57. The van der Waals surface area contributed by atoms with Gasteiger partial charge in [-0.1, -0.05) is 97.1 Å². The van der Waals surface area contributed by atoms with Crippen molar-refractivity contribution < 1.29 is 9.47 Å². The quantitative estimate of drug-likeness (QED) is 0.189. The fourth-order valence-corrected chi connectivity index (χ4v) is 7.17. The molecule has 0 bridgehead atoms. The topological polar surface area (TPSA) is 44.2 Å². The molecule has 7 aromatic rings. The van der Waals surface area contributed by atoms with Crippen LogP contribution in [0.4, 0.5) is 0 Å². The van der Waals surface area contributed by atoms with Crippen molar-refractivity contribution in [3.63, 3.8) is 0 Å². The maximum absolute atomic E-state index is 7.17. The zero-order chi connectivity index (χ0) is 31.5. The van der Waals surface area contributed by atoms with Crippen LogP contribution in [0, 0.1) is 13.8 Å². The lowest BCUT2D eigenvalue weighted by Gasteiger charge is -2.36. The van der Waals surface area contributed by atoms with Crippen LogP contribution in [0.5, 0.6) is 23.0 Å². The van der Waals surface area contributed by atoms with Gasteiger partial charge in [-0.2, -0.15) is 0 Å². The molecule has 2 aliphatic rings. The minimum absolute atomic E-state index is 0.121. The SMILES string of the molecule is Cc1cc(-c2cc(-c3ccnc(C)c3)c3c4c2Oc2c(cccc2-c2ccccc2)B4c2cccc(-c4ccccc4)c2O3)ccn1. The van der Waals surface area contributed by atoms with Gasteiger partial charge in [-0.15, -0.1) is 0 Å². The van der Waals surface area contributed by atoms with Crippen LogP contribution in [-0.2, 0) is 0 Å². The van der Waals surface area contributed by atoms with Gasteiger partial charge in [0.05, 0.1) is 0 Å². The first-order chi connectivity index (χ1) is 23.1. The van der Waals surface area contributed by atoms with Gasteiger partial charge in [0.1, 0.15) is 23.0 Å². The highest BCUT2D eigenvalue weighted by atomic mass is 16.5. The number of ether oxygens (including phenoxy) is 2. The molecule has 4 nitrogen and oxygen atoms in total. The Kier molecular flexibility index (Phi) is 6.32. The van der Waals surface area contributed by atoms with Crippen molar-refractivity contribution in [1.29, 1.82) is 0 Å². The van der Waals surface area contributed by atoms with E-state index in [1.54, 1.807) is 0 Å². The Morgan fingerprint density at radius 1 is 0.426 bits per heavy atom. The van der Waals surface area contributed by atoms with Crippen molar-refractivity contribution in [3.8, 4) is 67.5 Å². The molecule has 2 aliphatic heterocycles. The Bertz CT molecular complexity index is 2180. The van der Waals surface area contributed by atoms with Gasteiger partial charge in [0, 0.05) is 51.5 Å². The highest BCUT2D eigenvalue weighted by Crippen LogP contribution is 2.48. The molecular weight excluding hydrogens is 575 g/mol. The van der Waals surface area contributed by atoms with Gasteiger partial charge in [-0.25, -0.2) is 0 Å². The van der Waals surface area contributed by atoms with Crippen LogP contribution in [0.2, 0.25) is 0 Å². The number of nitrogens with zero attached hydrogens (tertiary/aromatic N) is 2. The summed E-state index contributed by atoms with van der Waals surface area (Å²) in [6, 6.07) is 44.6. The Morgan fingerprint density at radius 3 is 1.34 bits per heavy atom. The number of hydrogen-bond donors (Lipinski definition) is 0. The Hall–Kier alpha value is -5.94. The number of rotatable bonds is 4. The third kappa shape index (κ3) is 4.46. The lowest BCUT2D eigenvalue weighted by molar-refractivity contribution is 0.468. The molecule has 5 heteroatoms. The van der Waals surface area contributed by atoms with Crippen molar-refractivity contribution in [1.82, 2.24) is 9.97 Å². The molecule has 0 spiro atoms. The third-order valence-electron chi connectivity index (χ3n) is 9.26. The smallest absolute Gasteiger partial charge is 0.260 e. The molecule has 222 valence electrons. The zero-order valence-corrected chi connectivity index (χ0v) is 26.1. The molecule has 0 fully saturated rings. The second kappa shape index (κ2) is 10.9. The second-order valence-corrected chi connectivity index (χ2v) is 12.2. The number of pyridine rings is 2. The summed E-state index contributed by atoms with van der Waals surface area (Å²) in [5.41, 5.74) is 13.6. The van der Waals surface area contributed by atoms with Crippen molar-refractivity contribution in [2.75, 3.05) is 0 Å². The fourth-order valence-electron chi connectivity index (χ4n) is 7.17. The summed E-state index contributed by atoms with van der Waals surface area (Å²) in [5.74, 6) is 3.38. The van der Waals surface area contributed by atoms with Gasteiger partial charge in [-0.3, -0.25) is 9.97 Å². The summed E-state index contributed by atoms with van der Waals surface area (Å²) in [7, 11) is 0. The average Bonchev–Trinajstić information content (AvgIpc) is 3.12. The van der Waals surface area contributed by atoms with Crippen LogP contribution < -0.4 is 25.9 Å². The number of para-hydroxylation sites is 2. The standard InChI is InChI=1S/C42H29BN2O2/c1-26-23-30(19-21-44-26)34-25-35(31-20-22-45-27(2)24-31)42-38-41(34)46-39-32(28-11-5-3-6-12-28)15-9-17-36(39)43(38)37-18-10-16-33(40(37)47-42)29-13-7-4-8-14-29/h3-25H,1-2H3. The van der Waals surface area contributed by atoms with Crippen LogP contribution in [0.3, 0.4) is 0 Å². The number of aromatic nitrogens is 2. The number of hydrogen-bond acceptors (Lipinski definition) is 4.